The van der Waals surface area contributed by atoms with Crippen molar-refractivity contribution in [1.29, 1.82) is 0 Å². The number of aliphatic hydroxyl groups is 1. The predicted molar refractivity (Wildman–Crippen MR) is 127 cm³/mol. The van der Waals surface area contributed by atoms with Gasteiger partial charge in [0, 0.05) is 37.5 Å². The molecular weight excluding hydrogens is 435 g/mol. The first-order valence-electron chi connectivity index (χ1n) is 11.3. The van der Waals surface area contributed by atoms with Crippen LogP contribution in [0.3, 0.4) is 0 Å². The summed E-state index contributed by atoms with van der Waals surface area (Å²) >= 11 is 0. The Morgan fingerprint density at radius 1 is 1.15 bits per heavy atom. The number of rotatable bonds is 4. The molecular formula is C25H23FN6O2. The van der Waals surface area contributed by atoms with Crippen molar-refractivity contribution >= 4 is 28.7 Å². The quantitative estimate of drug-likeness (QED) is 0.434. The first-order chi connectivity index (χ1) is 16.6. The fraction of sp³-hybridized carbons (Fsp3) is 0.240. The van der Waals surface area contributed by atoms with Crippen molar-refractivity contribution in [2.24, 2.45) is 0 Å². The Balaban J connectivity index is 1.32. The smallest absolute Gasteiger partial charge is 0.254 e. The van der Waals surface area contributed by atoms with Gasteiger partial charge >= 0.3 is 0 Å². The highest BCUT2D eigenvalue weighted by Crippen LogP contribution is 2.35. The summed E-state index contributed by atoms with van der Waals surface area (Å²) in [6, 6.07) is 10.4. The van der Waals surface area contributed by atoms with Gasteiger partial charge in [-0.2, -0.15) is 0 Å². The molecule has 0 aliphatic carbocycles. The lowest BCUT2D eigenvalue weighted by atomic mass is 9.99. The number of aliphatic hydroxyl groups excluding tert-OH is 1. The predicted octanol–water partition coefficient (Wildman–Crippen LogP) is 3.48. The van der Waals surface area contributed by atoms with Crippen LogP contribution < -0.4 is 15.5 Å². The number of carbonyl (C=O) groups excluding carboxylic acids is 1. The highest BCUT2D eigenvalue weighted by Gasteiger charge is 2.27. The standard InChI is InChI=1S/C25H23FN6O2/c26-15-7-9-32-21(13-28-23(32)10-15)18-4-5-20(24-19(18)12-29-25(24)34)30-22-6-3-16(11-27-22)31-8-1-2-17(33)14-31/h3-7,9-11,13,17,33H,1-2,8,12,14H2,(H,27,30)(H,29,34)/t17-/m1/s1. The van der Waals surface area contributed by atoms with Crippen molar-refractivity contribution in [2.75, 3.05) is 23.3 Å². The van der Waals surface area contributed by atoms with Crippen LogP contribution in [0.25, 0.3) is 16.9 Å². The molecule has 2 aliphatic heterocycles. The Bertz CT molecular complexity index is 1400. The van der Waals surface area contributed by atoms with E-state index in [2.05, 4.69) is 25.5 Å². The number of amides is 1. The molecule has 1 amide bonds. The van der Waals surface area contributed by atoms with Crippen LogP contribution in [0.2, 0.25) is 0 Å². The van der Waals surface area contributed by atoms with E-state index in [0.29, 0.717) is 35.8 Å². The zero-order valence-electron chi connectivity index (χ0n) is 18.3. The number of pyridine rings is 2. The summed E-state index contributed by atoms with van der Waals surface area (Å²) in [5, 5.41) is 16.1. The van der Waals surface area contributed by atoms with Crippen LogP contribution in [0.4, 0.5) is 21.6 Å². The third-order valence-corrected chi connectivity index (χ3v) is 6.49. The molecule has 8 nitrogen and oxygen atoms in total. The monoisotopic (exact) mass is 458 g/mol. The van der Waals surface area contributed by atoms with Crippen LogP contribution in [-0.4, -0.2) is 44.6 Å². The van der Waals surface area contributed by atoms with Gasteiger partial charge in [0.15, 0.2) is 0 Å². The molecule has 3 aromatic heterocycles. The van der Waals surface area contributed by atoms with E-state index in [0.717, 1.165) is 41.9 Å². The van der Waals surface area contributed by atoms with Gasteiger partial charge in [0.2, 0.25) is 0 Å². The second-order valence-electron chi connectivity index (χ2n) is 8.68. The number of aromatic nitrogens is 3. The Morgan fingerprint density at radius 2 is 2.06 bits per heavy atom. The van der Waals surface area contributed by atoms with E-state index < -0.39 is 0 Å². The van der Waals surface area contributed by atoms with E-state index in [1.807, 2.05) is 28.7 Å². The molecule has 6 rings (SSSR count). The number of benzene rings is 1. The molecule has 0 radical (unpaired) electrons. The molecule has 4 aromatic rings. The fourth-order valence-corrected chi connectivity index (χ4v) is 4.82. The number of fused-ring (bicyclic) bond motifs is 2. The first-order valence-corrected chi connectivity index (χ1v) is 11.3. The summed E-state index contributed by atoms with van der Waals surface area (Å²) in [7, 11) is 0. The average molecular weight is 458 g/mol. The summed E-state index contributed by atoms with van der Waals surface area (Å²) in [6.45, 7) is 1.91. The highest BCUT2D eigenvalue weighted by atomic mass is 19.1. The Hall–Kier alpha value is -3.98. The Labute approximate surface area is 195 Å². The van der Waals surface area contributed by atoms with E-state index in [4.69, 9.17) is 0 Å². The van der Waals surface area contributed by atoms with Crippen LogP contribution in [0.15, 0.2) is 55.0 Å². The van der Waals surface area contributed by atoms with Crippen LogP contribution in [0.5, 0.6) is 0 Å². The first kappa shape index (κ1) is 20.6. The number of imidazole rings is 1. The Morgan fingerprint density at radius 3 is 2.88 bits per heavy atom. The lowest BCUT2D eigenvalue weighted by Gasteiger charge is -2.31. The molecule has 34 heavy (non-hydrogen) atoms. The molecule has 1 aromatic carbocycles. The second kappa shape index (κ2) is 8.11. The maximum absolute atomic E-state index is 13.6. The summed E-state index contributed by atoms with van der Waals surface area (Å²) < 4.78 is 15.4. The van der Waals surface area contributed by atoms with Crippen molar-refractivity contribution < 1.29 is 14.3 Å². The van der Waals surface area contributed by atoms with Crippen LogP contribution in [0, 0.1) is 5.82 Å². The molecule has 9 heteroatoms. The molecule has 3 N–H and O–H groups in total. The number of hydrogen-bond donors (Lipinski definition) is 3. The lowest BCUT2D eigenvalue weighted by molar-refractivity contribution is 0.0966. The second-order valence-corrected chi connectivity index (χ2v) is 8.68. The van der Waals surface area contributed by atoms with Crippen LogP contribution >= 0.6 is 0 Å². The molecule has 0 spiro atoms. The molecule has 0 saturated carbocycles. The minimum atomic E-state index is -0.346. The molecule has 0 unspecified atom stereocenters. The highest BCUT2D eigenvalue weighted by molar-refractivity contribution is 6.06. The Kier molecular flexibility index (Phi) is 4.91. The van der Waals surface area contributed by atoms with Gasteiger partial charge in [0.25, 0.3) is 5.91 Å². The van der Waals surface area contributed by atoms with Crippen molar-refractivity contribution in [3.63, 3.8) is 0 Å². The van der Waals surface area contributed by atoms with Gasteiger partial charge < -0.3 is 20.6 Å². The fourth-order valence-electron chi connectivity index (χ4n) is 4.82. The zero-order valence-corrected chi connectivity index (χ0v) is 18.3. The molecule has 0 bridgehead atoms. The van der Waals surface area contributed by atoms with Crippen molar-refractivity contribution in [3.8, 4) is 11.3 Å². The van der Waals surface area contributed by atoms with E-state index in [9.17, 15) is 14.3 Å². The van der Waals surface area contributed by atoms with Crippen molar-refractivity contribution in [1.82, 2.24) is 19.7 Å². The lowest BCUT2D eigenvalue weighted by Crippen LogP contribution is -2.38. The molecule has 2 aliphatic rings. The topological polar surface area (TPSA) is 94.8 Å². The number of anilines is 3. The maximum Gasteiger partial charge on any atom is 0.254 e. The summed E-state index contributed by atoms with van der Waals surface area (Å²) in [5.74, 6) is 0.126. The number of halogens is 1. The van der Waals surface area contributed by atoms with Crippen LogP contribution in [-0.2, 0) is 6.54 Å². The average Bonchev–Trinajstić information content (AvgIpc) is 3.44. The molecule has 1 saturated heterocycles. The van der Waals surface area contributed by atoms with Gasteiger partial charge in [0.1, 0.15) is 17.3 Å². The van der Waals surface area contributed by atoms with Gasteiger partial charge in [-0.25, -0.2) is 14.4 Å². The summed E-state index contributed by atoms with van der Waals surface area (Å²) in [5.41, 5.74) is 5.23. The minimum Gasteiger partial charge on any atom is -0.391 e. The summed E-state index contributed by atoms with van der Waals surface area (Å²) in [4.78, 5) is 23.7. The van der Waals surface area contributed by atoms with Gasteiger partial charge in [-0.15, -0.1) is 0 Å². The number of β-amino-alcohol motifs (C(OH)–C–C–N with tert-alkyl or cyclic N) is 1. The minimum absolute atomic E-state index is 0.155. The van der Waals surface area contributed by atoms with Crippen molar-refractivity contribution in [3.05, 3.63) is 71.9 Å². The van der Waals surface area contributed by atoms with Gasteiger partial charge in [0.05, 0.1) is 41.1 Å². The largest absolute Gasteiger partial charge is 0.391 e. The summed E-state index contributed by atoms with van der Waals surface area (Å²) in [6.07, 6.45) is 6.60. The van der Waals surface area contributed by atoms with E-state index in [1.165, 1.54) is 12.1 Å². The van der Waals surface area contributed by atoms with Gasteiger partial charge in [-0.1, -0.05) is 6.07 Å². The molecule has 5 heterocycles. The number of nitrogens with zero attached hydrogens (tertiary/aromatic N) is 4. The normalized spacial score (nSPS) is 17.6. The molecule has 1 atom stereocenters. The van der Waals surface area contributed by atoms with Gasteiger partial charge in [-0.3, -0.25) is 9.20 Å². The third kappa shape index (κ3) is 3.54. The number of piperidine rings is 1. The molecule has 1 fully saturated rings. The van der Waals surface area contributed by atoms with Crippen LogP contribution in [0.1, 0.15) is 28.8 Å². The zero-order chi connectivity index (χ0) is 23.2. The van der Waals surface area contributed by atoms with Crippen molar-refractivity contribution in [2.45, 2.75) is 25.5 Å². The third-order valence-electron chi connectivity index (χ3n) is 6.49. The van der Waals surface area contributed by atoms with E-state index in [1.54, 1.807) is 18.6 Å². The van der Waals surface area contributed by atoms with E-state index >= 15 is 0 Å². The number of nitrogens with one attached hydrogen (secondary N) is 2. The molecule has 172 valence electrons. The number of hydrogen-bond acceptors (Lipinski definition) is 6. The maximum atomic E-state index is 13.6. The van der Waals surface area contributed by atoms with E-state index in [-0.39, 0.29) is 17.8 Å². The SMILES string of the molecule is O=C1NCc2c(-c3cnc4cc(F)ccn34)ccc(Nc3ccc(N4CCC[C@@H](O)C4)cn3)c21. The number of carbonyl (C=O) groups is 1. The van der Waals surface area contributed by atoms with Gasteiger partial charge in [-0.05, 0) is 42.7 Å².